The normalized spacial score (nSPS) is 12.5. The van der Waals surface area contributed by atoms with Crippen molar-refractivity contribution < 1.29 is 13.2 Å². The van der Waals surface area contributed by atoms with Gasteiger partial charge < -0.3 is 5.32 Å². The van der Waals surface area contributed by atoms with E-state index < -0.39 is 21.0 Å². The van der Waals surface area contributed by atoms with Gasteiger partial charge in [-0.2, -0.15) is 0 Å². The van der Waals surface area contributed by atoms with Gasteiger partial charge in [-0.25, -0.2) is 8.42 Å². The lowest BCUT2D eigenvalue weighted by atomic mass is 10.1. The number of amides is 1. The minimum absolute atomic E-state index is 0.0721. The number of carbonyl (C=O) groups is 1. The second-order valence-electron chi connectivity index (χ2n) is 5.44. The van der Waals surface area contributed by atoms with Gasteiger partial charge in [-0.05, 0) is 41.3 Å². The number of aromatic nitrogens is 1. The van der Waals surface area contributed by atoms with Gasteiger partial charge in [0.05, 0.1) is 0 Å². The molecule has 0 spiro atoms. The van der Waals surface area contributed by atoms with Gasteiger partial charge in [-0.15, -0.1) is 11.3 Å². The van der Waals surface area contributed by atoms with Crippen molar-refractivity contribution >= 4 is 38.7 Å². The molecule has 2 heterocycles. The van der Waals surface area contributed by atoms with E-state index in [0.29, 0.717) is 10.6 Å². The first kappa shape index (κ1) is 18.6. The molecule has 0 saturated carbocycles. The number of pyridine rings is 1. The topological polar surface area (TPSA) is 76.1 Å². The Bertz CT molecular complexity index is 973. The minimum atomic E-state index is -3.66. The molecule has 3 aromatic rings. The van der Waals surface area contributed by atoms with Crippen molar-refractivity contribution in [3.8, 4) is 0 Å². The number of carbonyl (C=O) groups excluding carboxylic acids is 1. The first-order valence-corrected chi connectivity index (χ1v) is 10.5. The van der Waals surface area contributed by atoms with Crippen LogP contribution < -0.4 is 5.32 Å². The number of benzene rings is 1. The number of nitrogens with one attached hydrogen (secondary N) is 1. The zero-order valence-electron chi connectivity index (χ0n) is 13.5. The lowest BCUT2D eigenvalue weighted by Gasteiger charge is -2.18. The largest absolute Gasteiger partial charge is 0.349 e. The van der Waals surface area contributed by atoms with Crippen molar-refractivity contribution in [3.63, 3.8) is 0 Å². The summed E-state index contributed by atoms with van der Waals surface area (Å²) in [6.07, 6.45) is 1.51. The van der Waals surface area contributed by atoms with Crippen LogP contribution in [0.25, 0.3) is 0 Å². The maximum absolute atomic E-state index is 13.0. The minimum Gasteiger partial charge on any atom is -0.349 e. The Balaban J connectivity index is 1.89. The van der Waals surface area contributed by atoms with E-state index in [1.165, 1.54) is 6.20 Å². The predicted molar refractivity (Wildman–Crippen MR) is 102 cm³/mol. The van der Waals surface area contributed by atoms with Crippen LogP contribution in [0.4, 0.5) is 0 Å². The third-order valence-corrected chi connectivity index (χ3v) is 7.52. The van der Waals surface area contributed by atoms with E-state index in [2.05, 4.69) is 10.3 Å². The van der Waals surface area contributed by atoms with E-state index >= 15 is 0 Å². The first-order chi connectivity index (χ1) is 12.5. The molecule has 8 heteroatoms. The molecule has 0 aliphatic heterocycles. The zero-order chi connectivity index (χ0) is 18.6. The molecule has 5 nitrogen and oxygen atoms in total. The molecule has 26 heavy (non-hydrogen) atoms. The number of rotatable bonds is 6. The van der Waals surface area contributed by atoms with Gasteiger partial charge in [0.25, 0.3) is 5.91 Å². The SMILES string of the molecule is O=C(NC[C@H](c1ccc(Cl)cc1)S(=O)(=O)c1cccs1)c1ccccn1. The Morgan fingerprint density at radius 2 is 1.88 bits per heavy atom. The smallest absolute Gasteiger partial charge is 0.269 e. The predicted octanol–water partition coefficient (Wildman–Crippen LogP) is 3.74. The van der Waals surface area contributed by atoms with Crippen LogP contribution in [0, 0.1) is 0 Å². The standard InChI is InChI=1S/C18H15ClN2O3S2/c19-14-8-6-13(7-9-14)16(26(23,24)17-5-3-11-25-17)12-21-18(22)15-4-1-2-10-20-15/h1-11,16H,12H2,(H,21,22)/t16-/m1/s1. The molecule has 0 unspecified atom stereocenters. The molecule has 0 radical (unpaired) electrons. The second-order valence-corrected chi connectivity index (χ2v) is 9.18. The van der Waals surface area contributed by atoms with Crippen LogP contribution in [0.1, 0.15) is 21.3 Å². The molecule has 0 saturated heterocycles. The zero-order valence-corrected chi connectivity index (χ0v) is 15.9. The monoisotopic (exact) mass is 406 g/mol. The summed E-state index contributed by atoms with van der Waals surface area (Å²) in [4.78, 5) is 16.2. The van der Waals surface area contributed by atoms with E-state index in [1.54, 1.807) is 60.0 Å². The molecular weight excluding hydrogens is 392 g/mol. The van der Waals surface area contributed by atoms with Crippen molar-refractivity contribution in [2.75, 3.05) is 6.54 Å². The molecule has 0 aliphatic carbocycles. The van der Waals surface area contributed by atoms with Gasteiger partial charge in [0, 0.05) is 17.8 Å². The average molecular weight is 407 g/mol. The van der Waals surface area contributed by atoms with Crippen molar-refractivity contribution in [2.24, 2.45) is 0 Å². The van der Waals surface area contributed by atoms with Crippen LogP contribution in [0.3, 0.4) is 0 Å². The lowest BCUT2D eigenvalue weighted by Crippen LogP contribution is -2.32. The first-order valence-electron chi connectivity index (χ1n) is 7.70. The van der Waals surface area contributed by atoms with Crippen molar-refractivity contribution in [1.82, 2.24) is 10.3 Å². The van der Waals surface area contributed by atoms with Crippen molar-refractivity contribution in [3.05, 3.63) is 82.5 Å². The number of hydrogen-bond acceptors (Lipinski definition) is 5. The highest BCUT2D eigenvalue weighted by Gasteiger charge is 2.30. The molecule has 0 bridgehead atoms. The van der Waals surface area contributed by atoms with Crippen LogP contribution >= 0.6 is 22.9 Å². The third-order valence-electron chi connectivity index (χ3n) is 3.74. The Morgan fingerprint density at radius 3 is 2.50 bits per heavy atom. The van der Waals surface area contributed by atoms with E-state index in [1.807, 2.05) is 0 Å². The number of nitrogens with zero attached hydrogens (tertiary/aromatic N) is 1. The highest BCUT2D eigenvalue weighted by Crippen LogP contribution is 2.31. The summed E-state index contributed by atoms with van der Waals surface area (Å²) in [5.74, 6) is -0.425. The summed E-state index contributed by atoms with van der Waals surface area (Å²) in [6, 6.07) is 14.8. The highest BCUT2D eigenvalue weighted by molar-refractivity contribution is 7.93. The third kappa shape index (κ3) is 4.12. The summed E-state index contributed by atoms with van der Waals surface area (Å²) in [5, 5.41) is 3.97. The highest BCUT2D eigenvalue weighted by atomic mass is 35.5. The number of thiophene rings is 1. The van der Waals surface area contributed by atoms with Crippen LogP contribution in [-0.4, -0.2) is 25.9 Å². The van der Waals surface area contributed by atoms with Crippen LogP contribution in [0.5, 0.6) is 0 Å². The second kappa shape index (κ2) is 7.99. The fourth-order valence-electron chi connectivity index (χ4n) is 2.42. The molecule has 3 rings (SSSR count). The molecule has 0 aliphatic rings. The van der Waals surface area contributed by atoms with Crippen molar-refractivity contribution in [2.45, 2.75) is 9.46 Å². The van der Waals surface area contributed by atoms with Gasteiger partial charge in [0.2, 0.25) is 0 Å². The number of hydrogen-bond donors (Lipinski definition) is 1. The van der Waals surface area contributed by atoms with E-state index in [4.69, 9.17) is 11.6 Å². The van der Waals surface area contributed by atoms with Crippen LogP contribution in [0.2, 0.25) is 5.02 Å². The fourth-order valence-corrected chi connectivity index (χ4v) is 5.42. The van der Waals surface area contributed by atoms with Gasteiger partial charge in [0.1, 0.15) is 15.2 Å². The van der Waals surface area contributed by atoms with E-state index in [0.717, 1.165) is 11.3 Å². The molecule has 1 amide bonds. The summed E-state index contributed by atoms with van der Waals surface area (Å²) >= 11 is 7.06. The van der Waals surface area contributed by atoms with E-state index in [9.17, 15) is 13.2 Å². The summed E-state index contributed by atoms with van der Waals surface area (Å²) < 4.78 is 26.3. The Morgan fingerprint density at radius 1 is 1.12 bits per heavy atom. The van der Waals surface area contributed by atoms with Gasteiger partial charge >= 0.3 is 0 Å². The molecule has 1 aromatic carbocycles. The molecule has 0 fully saturated rings. The maximum atomic E-state index is 13.0. The summed E-state index contributed by atoms with van der Waals surface area (Å²) in [6.45, 7) is -0.0721. The summed E-state index contributed by atoms with van der Waals surface area (Å²) in [5.41, 5.74) is 0.792. The fraction of sp³-hybridized carbons (Fsp3) is 0.111. The number of halogens is 1. The Labute approximate surface area is 160 Å². The van der Waals surface area contributed by atoms with Crippen LogP contribution in [0.15, 0.2) is 70.4 Å². The van der Waals surface area contributed by atoms with Gasteiger partial charge in [-0.1, -0.05) is 35.9 Å². The quantitative estimate of drug-likeness (QED) is 0.676. The lowest BCUT2D eigenvalue weighted by molar-refractivity contribution is 0.0948. The van der Waals surface area contributed by atoms with E-state index in [-0.39, 0.29) is 16.4 Å². The Hall–Kier alpha value is -2.22. The summed E-state index contributed by atoms with van der Waals surface area (Å²) in [7, 11) is -3.66. The molecular formula is C18H15ClN2O3S2. The number of sulfone groups is 1. The van der Waals surface area contributed by atoms with Crippen molar-refractivity contribution in [1.29, 1.82) is 0 Å². The van der Waals surface area contributed by atoms with Crippen LogP contribution in [-0.2, 0) is 9.84 Å². The van der Waals surface area contributed by atoms with Gasteiger partial charge in [0.15, 0.2) is 9.84 Å². The average Bonchev–Trinajstić information content (AvgIpc) is 3.19. The Kier molecular flexibility index (Phi) is 5.70. The molecule has 1 N–H and O–H groups in total. The maximum Gasteiger partial charge on any atom is 0.269 e. The molecule has 2 aromatic heterocycles. The molecule has 134 valence electrons. The van der Waals surface area contributed by atoms with Gasteiger partial charge in [-0.3, -0.25) is 9.78 Å². The molecule has 1 atom stereocenters.